The molecule has 21 heavy (non-hydrogen) atoms. The van der Waals surface area contributed by atoms with E-state index in [4.69, 9.17) is 14.2 Å². The maximum absolute atomic E-state index is 12.3. The van der Waals surface area contributed by atoms with Crippen LogP contribution in [-0.2, 0) is 23.1 Å². The van der Waals surface area contributed by atoms with Gasteiger partial charge in [-0.15, -0.1) is 0 Å². The summed E-state index contributed by atoms with van der Waals surface area (Å²) >= 11 is 0. The molecule has 0 saturated heterocycles. The van der Waals surface area contributed by atoms with Gasteiger partial charge in [0, 0.05) is 7.05 Å². The zero-order valence-electron chi connectivity index (χ0n) is 12.7. The van der Waals surface area contributed by atoms with Gasteiger partial charge in [-0.2, -0.15) is 0 Å². The first-order valence-corrected chi connectivity index (χ1v) is 8.14. The highest BCUT2D eigenvalue weighted by Crippen LogP contribution is 2.48. The minimum Gasteiger partial charge on any atom is -0.467 e. The summed E-state index contributed by atoms with van der Waals surface area (Å²) in [5.74, 6) is -0.781. The summed E-state index contributed by atoms with van der Waals surface area (Å²) in [5, 5.41) is 11.3. The predicted molar refractivity (Wildman–Crippen MR) is 74.9 cm³/mol. The average Bonchev–Trinajstić information content (AvgIpc) is 2.43. The fraction of sp³-hybridized carbons (Fsp3) is 0.818. The van der Waals surface area contributed by atoms with E-state index < -0.39 is 32.2 Å². The van der Waals surface area contributed by atoms with Crippen molar-refractivity contribution in [1.82, 2.24) is 10.2 Å². The van der Waals surface area contributed by atoms with Crippen LogP contribution in [0.4, 0.5) is 4.79 Å². The van der Waals surface area contributed by atoms with Crippen molar-refractivity contribution in [3.8, 4) is 0 Å². The fourth-order valence-corrected chi connectivity index (χ4v) is 3.09. The molecule has 2 N–H and O–H groups in total. The maximum atomic E-state index is 12.3. The molecule has 0 aromatic heterocycles. The Morgan fingerprint density at radius 2 is 1.81 bits per heavy atom. The molecule has 0 bridgehead atoms. The molecule has 0 radical (unpaired) electrons. The van der Waals surface area contributed by atoms with Gasteiger partial charge in [-0.1, -0.05) is 0 Å². The van der Waals surface area contributed by atoms with E-state index in [-0.39, 0.29) is 19.5 Å². The second kappa shape index (κ2) is 9.73. The summed E-state index contributed by atoms with van der Waals surface area (Å²) < 4.78 is 26.8. The molecule has 10 heteroatoms. The Labute approximate surface area is 124 Å². The van der Waals surface area contributed by atoms with Crippen molar-refractivity contribution >= 4 is 19.6 Å². The molecule has 0 aromatic rings. The molecule has 0 fully saturated rings. The lowest BCUT2D eigenvalue weighted by atomic mass is 10.3. The molecule has 1 unspecified atom stereocenters. The highest BCUT2D eigenvalue weighted by atomic mass is 31.2. The number of carbonyl (C=O) groups excluding carboxylic acids is 2. The number of aliphatic hydroxyl groups excluding tert-OH is 1. The van der Waals surface area contributed by atoms with Gasteiger partial charge in [0.25, 0.3) is 0 Å². The number of carbonyl (C=O) groups is 2. The zero-order chi connectivity index (χ0) is 16.5. The van der Waals surface area contributed by atoms with E-state index in [2.05, 4.69) is 10.1 Å². The lowest BCUT2D eigenvalue weighted by Gasteiger charge is -2.25. The normalized spacial score (nSPS) is 12.6. The van der Waals surface area contributed by atoms with Crippen LogP contribution in [-0.4, -0.2) is 68.3 Å². The van der Waals surface area contributed by atoms with E-state index >= 15 is 0 Å². The number of aliphatic hydroxyl groups is 1. The Hall–Kier alpha value is -1.15. The molecule has 0 saturated carbocycles. The monoisotopic (exact) mass is 326 g/mol. The molecule has 0 rings (SSSR count). The Morgan fingerprint density at radius 3 is 2.19 bits per heavy atom. The second-order valence-electron chi connectivity index (χ2n) is 3.99. The predicted octanol–water partition coefficient (Wildman–Crippen LogP) is 0.385. The van der Waals surface area contributed by atoms with Crippen LogP contribution >= 0.6 is 7.60 Å². The van der Waals surface area contributed by atoms with Crippen LogP contribution < -0.4 is 5.32 Å². The smallest absolute Gasteiger partial charge is 0.349 e. The molecule has 2 amide bonds. The molecule has 0 heterocycles. The fourth-order valence-electron chi connectivity index (χ4n) is 1.42. The minimum atomic E-state index is -3.43. The van der Waals surface area contributed by atoms with Gasteiger partial charge in [-0.05, 0) is 13.8 Å². The standard InChI is InChI=1S/C11H23N2O7P/c1-5-19-21(17,20-6-2)8-13(3)11(16)12-9(7-14)10(15)18-4/h9,14H,5-8H2,1-4H3,(H,12,16). The number of rotatable bonds is 9. The van der Waals surface area contributed by atoms with E-state index in [0.29, 0.717) is 0 Å². The largest absolute Gasteiger partial charge is 0.467 e. The van der Waals surface area contributed by atoms with Crippen LogP contribution in [0.1, 0.15) is 13.8 Å². The Bertz CT molecular complexity index is 381. The minimum absolute atomic E-state index is 0.175. The highest BCUT2D eigenvalue weighted by molar-refractivity contribution is 7.53. The molecule has 0 spiro atoms. The second-order valence-corrected chi connectivity index (χ2v) is 6.01. The van der Waals surface area contributed by atoms with Gasteiger partial charge in [0.1, 0.15) is 6.29 Å². The van der Waals surface area contributed by atoms with Crippen LogP contribution in [0.2, 0.25) is 0 Å². The highest BCUT2D eigenvalue weighted by Gasteiger charge is 2.29. The quantitative estimate of drug-likeness (QED) is 0.465. The van der Waals surface area contributed by atoms with Gasteiger partial charge < -0.3 is 29.1 Å². The molecule has 0 aliphatic heterocycles. The molecule has 0 aliphatic rings. The third-order valence-electron chi connectivity index (χ3n) is 2.35. The molecular formula is C11H23N2O7P. The summed E-state index contributed by atoms with van der Waals surface area (Å²) in [6.45, 7) is 3.05. The first kappa shape index (κ1) is 19.9. The SMILES string of the molecule is CCOP(=O)(CN(C)C(=O)NC(CO)C(=O)OC)OCC. The van der Waals surface area contributed by atoms with Crippen molar-refractivity contribution < 1.29 is 33.0 Å². The summed E-state index contributed by atoms with van der Waals surface area (Å²) in [6.07, 6.45) is -0.278. The number of ether oxygens (including phenoxy) is 1. The number of hydrogen-bond acceptors (Lipinski definition) is 7. The number of methoxy groups -OCH3 is 1. The zero-order valence-corrected chi connectivity index (χ0v) is 13.6. The molecule has 124 valence electrons. The third-order valence-corrected chi connectivity index (χ3v) is 4.42. The van der Waals surface area contributed by atoms with Gasteiger partial charge in [-0.3, -0.25) is 4.57 Å². The van der Waals surface area contributed by atoms with E-state index in [0.717, 1.165) is 12.0 Å². The van der Waals surface area contributed by atoms with Crippen LogP contribution in [0.5, 0.6) is 0 Å². The summed E-state index contributed by atoms with van der Waals surface area (Å²) in [5.41, 5.74) is 0. The van der Waals surface area contributed by atoms with Gasteiger partial charge in [0.15, 0.2) is 6.04 Å². The average molecular weight is 326 g/mol. The Kier molecular flexibility index (Phi) is 9.19. The van der Waals surface area contributed by atoms with Gasteiger partial charge in [0.05, 0.1) is 26.9 Å². The molecule has 0 aliphatic carbocycles. The van der Waals surface area contributed by atoms with Crippen LogP contribution in [0.3, 0.4) is 0 Å². The number of nitrogens with zero attached hydrogens (tertiary/aromatic N) is 1. The van der Waals surface area contributed by atoms with Crippen molar-refractivity contribution in [2.24, 2.45) is 0 Å². The topological polar surface area (TPSA) is 114 Å². The number of urea groups is 1. The maximum Gasteiger partial charge on any atom is 0.349 e. The summed E-state index contributed by atoms with van der Waals surface area (Å²) in [7, 11) is -0.921. The summed E-state index contributed by atoms with van der Waals surface area (Å²) in [6, 6.07) is -1.90. The lowest BCUT2D eigenvalue weighted by Crippen LogP contribution is -2.49. The number of esters is 1. The van der Waals surface area contributed by atoms with Crippen LogP contribution in [0.15, 0.2) is 0 Å². The van der Waals surface area contributed by atoms with Crippen molar-refractivity contribution in [2.75, 3.05) is 40.3 Å². The van der Waals surface area contributed by atoms with Crippen molar-refractivity contribution in [3.05, 3.63) is 0 Å². The number of hydrogen-bond donors (Lipinski definition) is 2. The van der Waals surface area contributed by atoms with Gasteiger partial charge in [0.2, 0.25) is 0 Å². The molecule has 0 aromatic carbocycles. The lowest BCUT2D eigenvalue weighted by molar-refractivity contribution is -0.143. The van der Waals surface area contributed by atoms with E-state index in [1.54, 1.807) is 13.8 Å². The van der Waals surface area contributed by atoms with Crippen LogP contribution in [0, 0.1) is 0 Å². The van der Waals surface area contributed by atoms with E-state index in [1.807, 2.05) is 0 Å². The van der Waals surface area contributed by atoms with E-state index in [1.165, 1.54) is 7.05 Å². The molecule has 9 nitrogen and oxygen atoms in total. The molecular weight excluding hydrogens is 303 g/mol. The number of nitrogens with one attached hydrogen (secondary N) is 1. The van der Waals surface area contributed by atoms with Crippen molar-refractivity contribution in [2.45, 2.75) is 19.9 Å². The van der Waals surface area contributed by atoms with Crippen LogP contribution in [0.25, 0.3) is 0 Å². The number of amides is 2. The first-order valence-electron chi connectivity index (χ1n) is 6.42. The van der Waals surface area contributed by atoms with Gasteiger partial charge >= 0.3 is 19.6 Å². The Morgan fingerprint density at radius 1 is 1.29 bits per heavy atom. The summed E-state index contributed by atoms with van der Waals surface area (Å²) in [4.78, 5) is 24.2. The van der Waals surface area contributed by atoms with Gasteiger partial charge in [-0.25, -0.2) is 9.59 Å². The first-order chi connectivity index (χ1) is 9.83. The Balaban J connectivity index is 4.69. The van der Waals surface area contributed by atoms with E-state index in [9.17, 15) is 14.2 Å². The van der Waals surface area contributed by atoms with Crippen molar-refractivity contribution in [1.29, 1.82) is 0 Å². The molecule has 1 atom stereocenters. The van der Waals surface area contributed by atoms with Crippen molar-refractivity contribution in [3.63, 3.8) is 0 Å². The third kappa shape index (κ3) is 6.90.